The van der Waals surface area contributed by atoms with Crippen molar-refractivity contribution in [1.29, 1.82) is 0 Å². The Labute approximate surface area is 200 Å². The molecule has 192 valence electrons. The molecular formula is C21H24F3N3O6S2. The molecule has 2 unspecified atom stereocenters. The van der Waals surface area contributed by atoms with Crippen LogP contribution in [0.3, 0.4) is 0 Å². The molecule has 2 atom stereocenters. The lowest BCUT2D eigenvalue weighted by Crippen LogP contribution is -2.60. The maximum atomic E-state index is 14.9. The molecule has 2 saturated heterocycles. The molecule has 5 rings (SSSR count). The van der Waals surface area contributed by atoms with Crippen molar-refractivity contribution in [1.82, 2.24) is 9.46 Å². The molecule has 3 heterocycles. The van der Waals surface area contributed by atoms with E-state index < -0.39 is 49.3 Å². The Hall–Kier alpha value is -2.16. The van der Waals surface area contributed by atoms with E-state index in [2.05, 4.69) is 10.5 Å². The highest BCUT2D eigenvalue weighted by Gasteiger charge is 2.48. The van der Waals surface area contributed by atoms with E-state index in [1.54, 1.807) is 0 Å². The number of sulfonamides is 1. The van der Waals surface area contributed by atoms with Gasteiger partial charge in [-0.1, -0.05) is 5.16 Å². The topological polar surface area (TPSA) is 119 Å². The summed E-state index contributed by atoms with van der Waals surface area (Å²) >= 11 is 0. The molecule has 14 heteroatoms. The predicted octanol–water partition coefficient (Wildman–Crippen LogP) is 2.13. The number of aromatic nitrogens is 1. The fourth-order valence-corrected chi connectivity index (χ4v) is 8.60. The highest BCUT2D eigenvalue weighted by molar-refractivity contribution is 7.92. The number of ether oxygens (including phenoxy) is 1. The van der Waals surface area contributed by atoms with Gasteiger partial charge in [0.25, 0.3) is 5.92 Å². The third-order valence-electron chi connectivity index (χ3n) is 6.79. The molecule has 0 radical (unpaired) electrons. The molecule has 0 saturated carbocycles. The van der Waals surface area contributed by atoms with Gasteiger partial charge in [-0.05, 0) is 24.6 Å². The van der Waals surface area contributed by atoms with Crippen LogP contribution in [0.2, 0.25) is 0 Å². The Morgan fingerprint density at radius 1 is 1.29 bits per heavy atom. The molecule has 2 aromatic rings. The normalized spacial score (nSPS) is 26.0. The summed E-state index contributed by atoms with van der Waals surface area (Å²) in [6.45, 7) is -0.132. The van der Waals surface area contributed by atoms with Crippen LogP contribution in [0.15, 0.2) is 27.6 Å². The van der Waals surface area contributed by atoms with Gasteiger partial charge in [-0.15, -0.1) is 0 Å². The summed E-state index contributed by atoms with van der Waals surface area (Å²) in [6.07, 6.45) is -0.514. The van der Waals surface area contributed by atoms with Crippen molar-refractivity contribution in [3.8, 4) is 0 Å². The van der Waals surface area contributed by atoms with Crippen LogP contribution in [0, 0.1) is 5.82 Å². The number of aryl methyl sites for hydroxylation is 1. The van der Waals surface area contributed by atoms with E-state index in [1.165, 1.54) is 12.1 Å². The van der Waals surface area contributed by atoms with Gasteiger partial charge in [-0.25, -0.2) is 30.0 Å². The summed E-state index contributed by atoms with van der Waals surface area (Å²) in [5.41, 5.74) is 0.517. The van der Waals surface area contributed by atoms with Crippen LogP contribution in [-0.4, -0.2) is 69.0 Å². The Bertz CT molecular complexity index is 1350. The minimum Gasteiger partial charge on any atom is -0.380 e. The fourth-order valence-electron chi connectivity index (χ4n) is 4.88. The van der Waals surface area contributed by atoms with Gasteiger partial charge in [0.15, 0.2) is 9.84 Å². The van der Waals surface area contributed by atoms with E-state index in [1.807, 2.05) is 0 Å². The summed E-state index contributed by atoms with van der Waals surface area (Å²) in [6, 6.07) is 2.56. The van der Waals surface area contributed by atoms with E-state index >= 15 is 0 Å². The molecule has 9 nitrogen and oxygen atoms in total. The van der Waals surface area contributed by atoms with E-state index in [9.17, 15) is 30.0 Å². The number of hydrogen-bond acceptors (Lipinski definition) is 8. The number of alkyl halides is 2. The third kappa shape index (κ3) is 4.56. The zero-order valence-electron chi connectivity index (χ0n) is 18.5. The molecule has 1 aliphatic carbocycles. The monoisotopic (exact) mass is 535 g/mol. The summed E-state index contributed by atoms with van der Waals surface area (Å²) in [4.78, 5) is -0.302. The van der Waals surface area contributed by atoms with Gasteiger partial charge in [0, 0.05) is 44.0 Å². The van der Waals surface area contributed by atoms with Crippen LogP contribution in [0.5, 0.6) is 0 Å². The lowest BCUT2D eigenvalue weighted by molar-refractivity contribution is -0.0147. The van der Waals surface area contributed by atoms with Crippen molar-refractivity contribution >= 4 is 25.5 Å². The molecular weight excluding hydrogens is 511 g/mol. The van der Waals surface area contributed by atoms with Crippen molar-refractivity contribution in [2.75, 3.05) is 30.8 Å². The first kappa shape index (κ1) is 24.5. The predicted molar refractivity (Wildman–Crippen MR) is 118 cm³/mol. The molecule has 0 spiro atoms. The molecule has 1 N–H and O–H groups in total. The largest absolute Gasteiger partial charge is 0.380 e. The molecule has 0 amide bonds. The van der Waals surface area contributed by atoms with E-state index in [4.69, 9.17) is 9.26 Å². The Balaban J connectivity index is 1.34. The van der Waals surface area contributed by atoms with Gasteiger partial charge in [-0.3, -0.25) is 0 Å². The second-order valence-electron chi connectivity index (χ2n) is 9.01. The quantitative estimate of drug-likeness (QED) is 0.619. The number of anilines is 1. The van der Waals surface area contributed by atoms with Gasteiger partial charge < -0.3 is 14.6 Å². The summed E-state index contributed by atoms with van der Waals surface area (Å²) in [5.74, 6) is -3.65. The lowest BCUT2D eigenvalue weighted by Gasteiger charge is -2.42. The van der Waals surface area contributed by atoms with Crippen LogP contribution in [-0.2, 0) is 44.0 Å². The van der Waals surface area contributed by atoms with Crippen molar-refractivity contribution in [3.05, 3.63) is 41.0 Å². The van der Waals surface area contributed by atoms with E-state index in [0.717, 1.165) is 10.4 Å². The van der Waals surface area contributed by atoms with Crippen LogP contribution < -0.4 is 5.32 Å². The number of fused-ring (bicyclic) bond motifs is 2. The molecule has 1 aromatic carbocycles. The van der Waals surface area contributed by atoms with Crippen LogP contribution in [0.4, 0.5) is 18.9 Å². The average molecular weight is 536 g/mol. The molecule has 2 aliphatic heterocycles. The summed E-state index contributed by atoms with van der Waals surface area (Å²) in [5, 5.41) is 5.63. The highest BCUT2D eigenvalue weighted by Crippen LogP contribution is 2.35. The smallest absolute Gasteiger partial charge is 0.252 e. The second-order valence-corrected chi connectivity index (χ2v) is 13.2. The molecule has 2 fully saturated rings. The first-order valence-electron chi connectivity index (χ1n) is 11.2. The summed E-state index contributed by atoms with van der Waals surface area (Å²) < 4.78 is 105. The minimum atomic E-state index is -4.17. The van der Waals surface area contributed by atoms with Gasteiger partial charge in [-0.2, -0.15) is 4.31 Å². The SMILES string of the molecule is O=S1(=O)CCN(S(=O)(=O)c2ccc(NCc3noc4c3CC(F)(F)CC4)c(F)c2)C2CCOCC21. The number of nitrogens with zero attached hydrogens (tertiary/aromatic N) is 2. The third-order valence-corrected chi connectivity index (χ3v) is 10.8. The standard InChI is InChI=1S/C21H24F3N3O6S2/c22-15-9-13(35(30,31)27-6-8-34(28,29)20-12-32-7-4-18(20)27)1-2-16(15)25-11-17-14-10-21(23,24)5-3-19(14)33-26-17/h1-2,9,18,20,25H,3-8,10-12H2. The first-order valence-corrected chi connectivity index (χ1v) is 14.3. The average Bonchev–Trinajstić information content (AvgIpc) is 3.19. The maximum absolute atomic E-state index is 14.9. The Kier molecular flexibility index (Phi) is 6.13. The zero-order valence-corrected chi connectivity index (χ0v) is 20.2. The van der Waals surface area contributed by atoms with E-state index in [-0.39, 0.29) is 67.6 Å². The van der Waals surface area contributed by atoms with Gasteiger partial charge >= 0.3 is 0 Å². The van der Waals surface area contributed by atoms with Gasteiger partial charge in [0.1, 0.15) is 22.5 Å². The van der Waals surface area contributed by atoms with Crippen molar-refractivity contribution in [2.24, 2.45) is 0 Å². The molecule has 3 aliphatic rings. The number of halogens is 3. The maximum Gasteiger partial charge on any atom is 0.252 e. The Morgan fingerprint density at radius 3 is 2.86 bits per heavy atom. The zero-order chi connectivity index (χ0) is 25.0. The Morgan fingerprint density at radius 2 is 2.09 bits per heavy atom. The fraction of sp³-hybridized carbons (Fsp3) is 0.571. The van der Waals surface area contributed by atoms with E-state index in [0.29, 0.717) is 11.3 Å². The van der Waals surface area contributed by atoms with Crippen LogP contribution in [0.1, 0.15) is 29.9 Å². The van der Waals surface area contributed by atoms with Gasteiger partial charge in [0.2, 0.25) is 10.0 Å². The highest BCUT2D eigenvalue weighted by atomic mass is 32.2. The minimum absolute atomic E-state index is 0.0339. The number of rotatable bonds is 5. The molecule has 0 bridgehead atoms. The molecule has 1 aromatic heterocycles. The summed E-state index contributed by atoms with van der Waals surface area (Å²) in [7, 11) is -7.66. The van der Waals surface area contributed by atoms with Crippen LogP contribution in [0.25, 0.3) is 0 Å². The number of sulfone groups is 1. The lowest BCUT2D eigenvalue weighted by atomic mass is 9.93. The number of benzene rings is 1. The van der Waals surface area contributed by atoms with Gasteiger partial charge in [0.05, 0.1) is 29.5 Å². The van der Waals surface area contributed by atoms with Crippen molar-refractivity contribution in [3.63, 3.8) is 0 Å². The number of nitrogens with one attached hydrogen (secondary N) is 1. The van der Waals surface area contributed by atoms with Crippen LogP contribution >= 0.6 is 0 Å². The van der Waals surface area contributed by atoms with Crippen molar-refractivity contribution in [2.45, 2.75) is 54.3 Å². The number of hydrogen-bond donors (Lipinski definition) is 1. The van der Waals surface area contributed by atoms with Crippen molar-refractivity contribution < 1.29 is 39.3 Å². The second kappa shape index (κ2) is 8.75. The first-order chi connectivity index (χ1) is 16.5. The molecule has 35 heavy (non-hydrogen) atoms.